The molecule has 2 N–H and O–H groups in total. The van der Waals surface area contributed by atoms with Gasteiger partial charge in [-0.05, 0) is 49.4 Å². The number of hydrogen-bond acceptors (Lipinski definition) is 6. The van der Waals surface area contributed by atoms with Gasteiger partial charge < -0.3 is 19.6 Å². The highest BCUT2D eigenvalue weighted by Crippen LogP contribution is 2.34. The number of halogens is 2. The van der Waals surface area contributed by atoms with E-state index < -0.39 is 29.4 Å². The first kappa shape index (κ1) is 22.9. The Morgan fingerprint density at radius 3 is 2.59 bits per heavy atom. The number of anilines is 1. The summed E-state index contributed by atoms with van der Waals surface area (Å²) in [6.45, 7) is 1.52. The van der Waals surface area contributed by atoms with Crippen molar-refractivity contribution in [1.29, 1.82) is 0 Å². The largest absolute Gasteiger partial charge is 0.481 e. The van der Waals surface area contributed by atoms with E-state index in [9.17, 15) is 18.8 Å². The Hall–Kier alpha value is -4.24. The molecule has 4 rings (SSSR count). The molecule has 2 heterocycles. The first-order valence-corrected chi connectivity index (χ1v) is 10.3. The standard InChI is InChI=1S/C24H16ClFN2O6/c1-12(23(30)28-14-3-7-20(24(31)32)27-11-14)33-15-4-6-17-18(10-22(29)34-21(17)9-15)16-5-2-13(26)8-19(16)25/h2-12H,1H3,(H,28,30)(H,31,32)/t12-/m1/s1. The van der Waals surface area contributed by atoms with E-state index in [1.165, 1.54) is 49.5 Å². The molecule has 8 nitrogen and oxygen atoms in total. The van der Waals surface area contributed by atoms with Gasteiger partial charge in [0.25, 0.3) is 5.91 Å². The first-order valence-electron chi connectivity index (χ1n) is 9.91. The molecule has 0 aliphatic heterocycles. The number of rotatable bonds is 6. The number of fused-ring (bicyclic) bond motifs is 1. The fourth-order valence-electron chi connectivity index (χ4n) is 3.24. The minimum absolute atomic E-state index is 0.142. The van der Waals surface area contributed by atoms with Crippen molar-refractivity contribution in [2.45, 2.75) is 13.0 Å². The Balaban J connectivity index is 1.56. The van der Waals surface area contributed by atoms with E-state index in [2.05, 4.69) is 10.3 Å². The fourth-order valence-corrected chi connectivity index (χ4v) is 3.51. The van der Waals surface area contributed by atoms with Gasteiger partial charge in [-0.25, -0.2) is 19.0 Å². The van der Waals surface area contributed by atoms with Crippen LogP contribution in [0, 0.1) is 5.82 Å². The van der Waals surface area contributed by atoms with Gasteiger partial charge in [-0.1, -0.05) is 11.6 Å². The molecule has 34 heavy (non-hydrogen) atoms. The average molecular weight is 483 g/mol. The van der Waals surface area contributed by atoms with Crippen molar-refractivity contribution >= 4 is 40.1 Å². The number of pyridine rings is 1. The zero-order chi connectivity index (χ0) is 24.4. The number of benzene rings is 2. The summed E-state index contributed by atoms with van der Waals surface area (Å²) in [7, 11) is 0. The highest BCUT2D eigenvalue weighted by atomic mass is 35.5. The van der Waals surface area contributed by atoms with Crippen molar-refractivity contribution in [3.8, 4) is 16.9 Å². The van der Waals surface area contributed by atoms with Crippen molar-refractivity contribution in [1.82, 2.24) is 4.98 Å². The molecule has 0 saturated carbocycles. The monoisotopic (exact) mass is 482 g/mol. The molecule has 0 fully saturated rings. The van der Waals surface area contributed by atoms with Gasteiger partial charge >= 0.3 is 11.6 Å². The molecule has 2 aromatic heterocycles. The van der Waals surface area contributed by atoms with Crippen LogP contribution in [0.3, 0.4) is 0 Å². The summed E-state index contributed by atoms with van der Waals surface area (Å²) in [5, 5.41) is 12.2. The summed E-state index contributed by atoms with van der Waals surface area (Å²) in [6.07, 6.45) is 0.277. The van der Waals surface area contributed by atoms with Gasteiger partial charge in [0.15, 0.2) is 6.10 Å². The molecule has 10 heteroatoms. The lowest BCUT2D eigenvalue weighted by Gasteiger charge is -2.15. The second kappa shape index (κ2) is 9.32. The predicted octanol–water partition coefficient (Wildman–Crippen LogP) is 4.75. The number of nitrogens with one attached hydrogen (secondary N) is 1. The van der Waals surface area contributed by atoms with Gasteiger partial charge in [-0.2, -0.15) is 0 Å². The first-order chi connectivity index (χ1) is 16.2. The normalized spacial score (nSPS) is 11.7. The third-order valence-corrected chi connectivity index (χ3v) is 5.18. The smallest absolute Gasteiger partial charge is 0.354 e. The van der Waals surface area contributed by atoms with E-state index in [0.717, 1.165) is 6.07 Å². The van der Waals surface area contributed by atoms with E-state index in [1.807, 2.05) is 0 Å². The van der Waals surface area contributed by atoms with E-state index in [0.29, 0.717) is 22.2 Å². The molecule has 0 aliphatic rings. The Morgan fingerprint density at radius 1 is 1.12 bits per heavy atom. The highest BCUT2D eigenvalue weighted by molar-refractivity contribution is 6.33. The zero-order valence-corrected chi connectivity index (χ0v) is 18.3. The Bertz CT molecular complexity index is 1470. The van der Waals surface area contributed by atoms with Crippen LogP contribution >= 0.6 is 11.6 Å². The predicted molar refractivity (Wildman–Crippen MR) is 123 cm³/mol. The maximum absolute atomic E-state index is 13.4. The average Bonchev–Trinajstić information content (AvgIpc) is 2.78. The number of carboxylic acid groups (broad SMARTS) is 1. The van der Waals surface area contributed by atoms with Crippen molar-refractivity contribution in [2.24, 2.45) is 0 Å². The van der Waals surface area contributed by atoms with Crippen molar-refractivity contribution in [3.63, 3.8) is 0 Å². The molecule has 0 saturated heterocycles. The minimum Gasteiger partial charge on any atom is -0.481 e. The second-order valence-corrected chi connectivity index (χ2v) is 7.66. The Kier molecular flexibility index (Phi) is 6.29. The van der Waals surface area contributed by atoms with Crippen LogP contribution in [0.4, 0.5) is 10.1 Å². The van der Waals surface area contributed by atoms with Crippen LogP contribution in [-0.4, -0.2) is 28.1 Å². The van der Waals surface area contributed by atoms with Crippen LogP contribution in [0.5, 0.6) is 5.75 Å². The van der Waals surface area contributed by atoms with E-state index in [1.54, 1.807) is 12.1 Å². The fraction of sp³-hybridized carbons (Fsp3) is 0.0833. The molecule has 4 aromatic rings. The molecule has 2 aromatic carbocycles. The molecule has 0 radical (unpaired) electrons. The van der Waals surface area contributed by atoms with Gasteiger partial charge in [-0.15, -0.1) is 0 Å². The van der Waals surface area contributed by atoms with Crippen LogP contribution in [0.15, 0.2) is 70.0 Å². The maximum Gasteiger partial charge on any atom is 0.354 e. The second-order valence-electron chi connectivity index (χ2n) is 7.25. The van der Waals surface area contributed by atoms with Crippen molar-refractivity contribution in [2.75, 3.05) is 5.32 Å². The Morgan fingerprint density at radius 2 is 1.91 bits per heavy atom. The quantitative estimate of drug-likeness (QED) is 0.380. The third kappa shape index (κ3) is 4.89. The van der Waals surface area contributed by atoms with E-state index >= 15 is 0 Å². The van der Waals surface area contributed by atoms with Gasteiger partial charge in [-0.3, -0.25) is 4.79 Å². The van der Waals surface area contributed by atoms with Crippen LogP contribution in [-0.2, 0) is 4.79 Å². The van der Waals surface area contributed by atoms with Crippen LogP contribution < -0.4 is 15.7 Å². The molecule has 1 atom stereocenters. The number of carboxylic acids is 1. The summed E-state index contributed by atoms with van der Waals surface area (Å²) >= 11 is 6.17. The van der Waals surface area contributed by atoms with Crippen LogP contribution in [0.25, 0.3) is 22.1 Å². The van der Waals surface area contributed by atoms with Crippen LogP contribution in [0.1, 0.15) is 17.4 Å². The molecule has 0 bridgehead atoms. The van der Waals surface area contributed by atoms with Gasteiger partial charge in [0.2, 0.25) is 0 Å². The number of amides is 1. The lowest BCUT2D eigenvalue weighted by molar-refractivity contribution is -0.122. The number of carbonyl (C=O) groups excluding carboxylic acids is 1. The lowest BCUT2D eigenvalue weighted by Crippen LogP contribution is -2.30. The van der Waals surface area contributed by atoms with E-state index in [-0.39, 0.29) is 22.0 Å². The maximum atomic E-state index is 13.4. The van der Waals surface area contributed by atoms with Gasteiger partial charge in [0.1, 0.15) is 22.8 Å². The minimum atomic E-state index is -1.18. The molecule has 1 amide bonds. The third-order valence-electron chi connectivity index (χ3n) is 4.87. The molecule has 0 spiro atoms. The summed E-state index contributed by atoms with van der Waals surface area (Å²) in [5.74, 6) is -1.92. The summed E-state index contributed by atoms with van der Waals surface area (Å²) in [4.78, 5) is 39.2. The Labute approximate surface area is 196 Å². The molecular weight excluding hydrogens is 467 g/mol. The van der Waals surface area contributed by atoms with Crippen molar-refractivity contribution < 1.29 is 28.2 Å². The number of nitrogens with zero attached hydrogens (tertiary/aromatic N) is 1. The molecule has 0 unspecified atom stereocenters. The molecular formula is C24H16ClFN2O6. The summed E-state index contributed by atoms with van der Waals surface area (Å²) in [5.41, 5.74) is 0.637. The number of aromatic nitrogens is 1. The summed E-state index contributed by atoms with van der Waals surface area (Å²) in [6, 6.07) is 12.5. The van der Waals surface area contributed by atoms with Gasteiger partial charge in [0.05, 0.1) is 16.9 Å². The SMILES string of the molecule is C[C@@H](Oc1ccc2c(-c3ccc(F)cc3Cl)cc(=O)oc2c1)C(=O)Nc1ccc(C(=O)O)nc1. The van der Waals surface area contributed by atoms with Crippen molar-refractivity contribution in [3.05, 3.63) is 87.7 Å². The van der Waals surface area contributed by atoms with Gasteiger partial charge in [0, 0.05) is 28.6 Å². The van der Waals surface area contributed by atoms with Crippen LogP contribution in [0.2, 0.25) is 5.02 Å². The molecule has 0 aliphatic carbocycles. The molecule has 172 valence electrons. The topological polar surface area (TPSA) is 119 Å². The number of aromatic carboxylic acids is 1. The van der Waals surface area contributed by atoms with E-state index in [4.69, 9.17) is 25.9 Å². The highest BCUT2D eigenvalue weighted by Gasteiger charge is 2.17. The lowest BCUT2D eigenvalue weighted by atomic mass is 10.0. The number of carbonyl (C=O) groups is 2. The summed E-state index contributed by atoms with van der Waals surface area (Å²) < 4.78 is 24.4. The number of ether oxygens (including phenoxy) is 1. The zero-order valence-electron chi connectivity index (χ0n) is 17.5. The number of hydrogen-bond donors (Lipinski definition) is 2.